The Balaban J connectivity index is 3.25. The molecule has 0 radical (unpaired) electrons. The largest absolute Gasteiger partial charge is 0.337 e. The second-order valence-electron chi connectivity index (χ2n) is 6.22. The van der Waals surface area contributed by atoms with Crippen molar-refractivity contribution in [1.29, 1.82) is 0 Å². The van der Waals surface area contributed by atoms with Crippen LogP contribution in [-0.4, -0.2) is 16.3 Å². The van der Waals surface area contributed by atoms with Crippen LogP contribution in [0.4, 0.5) is 5.69 Å². The highest BCUT2D eigenvalue weighted by molar-refractivity contribution is 9.10. The Hall–Kier alpha value is -0.0662. The molecule has 0 heterocycles. The number of rotatable bonds is 3. The van der Waals surface area contributed by atoms with Gasteiger partial charge in [-0.3, -0.25) is 0 Å². The third-order valence-electron chi connectivity index (χ3n) is 2.51. The summed E-state index contributed by atoms with van der Waals surface area (Å²) in [6.45, 7) is 14.2. The molecule has 0 aliphatic heterocycles. The molecule has 0 atom stereocenters. The summed E-state index contributed by atoms with van der Waals surface area (Å²) in [5, 5.41) is 1.54. The van der Waals surface area contributed by atoms with Crippen LogP contribution in [0.5, 0.6) is 0 Å². The lowest BCUT2D eigenvalue weighted by atomic mass is 10.3. The standard InChI is InChI=1S/C12H22BrNSi2/c1-15(2,3)12-10-8-7-9-11(12)14(13)16(4,5)6/h7-10H,1-6H3. The van der Waals surface area contributed by atoms with Gasteiger partial charge < -0.3 is 3.59 Å². The molecule has 0 amide bonds. The summed E-state index contributed by atoms with van der Waals surface area (Å²) in [4.78, 5) is 0. The van der Waals surface area contributed by atoms with Crippen molar-refractivity contribution in [1.82, 2.24) is 0 Å². The van der Waals surface area contributed by atoms with Crippen molar-refractivity contribution >= 4 is 43.3 Å². The third-order valence-corrected chi connectivity index (χ3v) is 9.54. The summed E-state index contributed by atoms with van der Waals surface area (Å²) in [6.07, 6.45) is 0. The van der Waals surface area contributed by atoms with Crippen molar-refractivity contribution < 1.29 is 0 Å². The van der Waals surface area contributed by atoms with E-state index < -0.39 is 16.3 Å². The molecule has 0 aliphatic carbocycles. The number of hydrogen-bond donors (Lipinski definition) is 0. The Morgan fingerprint density at radius 3 is 1.88 bits per heavy atom. The topological polar surface area (TPSA) is 3.24 Å². The van der Waals surface area contributed by atoms with E-state index in [-0.39, 0.29) is 0 Å². The molecule has 0 saturated carbocycles. The summed E-state index contributed by atoms with van der Waals surface area (Å²) >= 11 is 3.77. The van der Waals surface area contributed by atoms with Crippen LogP contribution in [0.1, 0.15) is 0 Å². The number of anilines is 1. The van der Waals surface area contributed by atoms with E-state index in [1.54, 1.807) is 0 Å². The van der Waals surface area contributed by atoms with Crippen molar-refractivity contribution in [2.24, 2.45) is 0 Å². The van der Waals surface area contributed by atoms with Gasteiger partial charge in [0, 0.05) is 21.8 Å². The van der Waals surface area contributed by atoms with Gasteiger partial charge in [0.2, 0.25) is 0 Å². The van der Waals surface area contributed by atoms with E-state index in [1.165, 1.54) is 10.9 Å². The van der Waals surface area contributed by atoms with Crippen LogP contribution in [-0.2, 0) is 0 Å². The van der Waals surface area contributed by atoms with Gasteiger partial charge in [0.1, 0.15) is 0 Å². The number of halogens is 1. The molecule has 1 aromatic carbocycles. The summed E-state index contributed by atoms with van der Waals surface area (Å²) in [6, 6.07) is 8.81. The van der Waals surface area contributed by atoms with Crippen LogP contribution in [0.3, 0.4) is 0 Å². The molecule has 0 aliphatic rings. The van der Waals surface area contributed by atoms with E-state index >= 15 is 0 Å². The Morgan fingerprint density at radius 1 is 0.938 bits per heavy atom. The second-order valence-corrected chi connectivity index (χ2v) is 17.4. The molecule has 16 heavy (non-hydrogen) atoms. The van der Waals surface area contributed by atoms with E-state index in [0.717, 1.165) is 0 Å². The lowest BCUT2D eigenvalue weighted by molar-refractivity contribution is 1.49. The quantitative estimate of drug-likeness (QED) is 0.597. The van der Waals surface area contributed by atoms with Gasteiger partial charge in [0.05, 0.1) is 8.07 Å². The van der Waals surface area contributed by atoms with Gasteiger partial charge in [0.15, 0.2) is 8.24 Å². The fraction of sp³-hybridized carbons (Fsp3) is 0.500. The van der Waals surface area contributed by atoms with Gasteiger partial charge in [-0.25, -0.2) is 0 Å². The Bertz CT molecular complexity index is 366. The highest BCUT2D eigenvalue weighted by Gasteiger charge is 2.28. The Morgan fingerprint density at radius 2 is 1.44 bits per heavy atom. The van der Waals surface area contributed by atoms with Crippen molar-refractivity contribution in [3.8, 4) is 0 Å². The van der Waals surface area contributed by atoms with Gasteiger partial charge in [-0.2, -0.15) is 0 Å². The van der Waals surface area contributed by atoms with E-state index in [4.69, 9.17) is 0 Å². The maximum absolute atomic E-state index is 3.77. The van der Waals surface area contributed by atoms with Crippen LogP contribution in [0.2, 0.25) is 39.3 Å². The molecule has 90 valence electrons. The van der Waals surface area contributed by atoms with Crippen LogP contribution >= 0.6 is 16.1 Å². The molecule has 0 aromatic heterocycles. The molecule has 0 fully saturated rings. The first kappa shape index (κ1) is 14.0. The van der Waals surface area contributed by atoms with Crippen LogP contribution in [0, 0.1) is 0 Å². The highest BCUT2D eigenvalue weighted by Crippen LogP contribution is 2.25. The molecule has 0 unspecified atom stereocenters. The smallest absolute Gasteiger partial charge is 0.161 e. The summed E-state index contributed by atoms with van der Waals surface area (Å²) in [7, 11) is -2.61. The zero-order valence-corrected chi connectivity index (χ0v) is 14.7. The fourth-order valence-electron chi connectivity index (χ4n) is 1.64. The minimum absolute atomic E-state index is 1.27. The molecule has 0 N–H and O–H groups in total. The Labute approximate surface area is 110 Å². The van der Waals surface area contributed by atoms with Crippen LogP contribution in [0.15, 0.2) is 24.3 Å². The first-order valence-corrected chi connectivity index (χ1v) is 13.4. The Kier molecular flexibility index (Phi) is 4.08. The van der Waals surface area contributed by atoms with Crippen LogP contribution in [0.25, 0.3) is 0 Å². The normalized spacial score (nSPS) is 12.7. The summed E-state index contributed by atoms with van der Waals surface area (Å²) in [5.74, 6) is 0. The number of hydrogen-bond acceptors (Lipinski definition) is 1. The zero-order valence-electron chi connectivity index (χ0n) is 11.1. The molecule has 4 heteroatoms. The third kappa shape index (κ3) is 3.21. The van der Waals surface area contributed by atoms with Gasteiger partial charge >= 0.3 is 0 Å². The first-order valence-electron chi connectivity index (χ1n) is 5.69. The lowest BCUT2D eigenvalue weighted by Crippen LogP contribution is -2.46. The van der Waals surface area contributed by atoms with Gasteiger partial charge in [-0.05, 0) is 11.3 Å². The second kappa shape index (κ2) is 4.66. The van der Waals surface area contributed by atoms with E-state index in [0.29, 0.717) is 0 Å². The monoisotopic (exact) mass is 315 g/mol. The number of nitrogens with zero attached hydrogens (tertiary/aromatic N) is 1. The predicted octanol–water partition coefficient (Wildman–Crippen LogP) is 4.18. The van der Waals surface area contributed by atoms with E-state index in [1.807, 2.05) is 0 Å². The molecule has 0 saturated heterocycles. The average Bonchev–Trinajstić information content (AvgIpc) is 2.14. The van der Waals surface area contributed by atoms with Gasteiger partial charge in [-0.1, -0.05) is 57.5 Å². The maximum Gasteiger partial charge on any atom is 0.161 e. The van der Waals surface area contributed by atoms with Crippen molar-refractivity contribution in [2.75, 3.05) is 3.59 Å². The molecular weight excluding hydrogens is 294 g/mol. The molecule has 0 bridgehead atoms. The summed E-state index contributed by atoms with van der Waals surface area (Å²) in [5.41, 5.74) is 1.38. The fourth-order valence-corrected chi connectivity index (χ4v) is 4.70. The minimum Gasteiger partial charge on any atom is -0.337 e. The number of para-hydroxylation sites is 1. The van der Waals surface area contributed by atoms with Crippen molar-refractivity contribution in [3.05, 3.63) is 24.3 Å². The predicted molar refractivity (Wildman–Crippen MR) is 84.2 cm³/mol. The molecule has 0 spiro atoms. The maximum atomic E-state index is 3.77. The van der Waals surface area contributed by atoms with Gasteiger partial charge in [-0.15, -0.1) is 0 Å². The van der Waals surface area contributed by atoms with Crippen molar-refractivity contribution in [2.45, 2.75) is 39.3 Å². The average molecular weight is 316 g/mol. The molecule has 1 aromatic rings. The van der Waals surface area contributed by atoms with Gasteiger partial charge in [0.25, 0.3) is 0 Å². The zero-order chi connectivity index (χ0) is 12.6. The lowest BCUT2D eigenvalue weighted by Gasteiger charge is -2.34. The molecule has 1 rings (SSSR count). The first-order chi connectivity index (χ1) is 7.14. The molecule has 1 nitrogen and oxygen atoms in total. The SMILES string of the molecule is C[Si](C)(C)c1ccccc1N(Br)[Si](C)(C)C. The van der Waals surface area contributed by atoms with Crippen LogP contribution < -0.4 is 8.78 Å². The van der Waals surface area contributed by atoms with Crippen molar-refractivity contribution in [3.63, 3.8) is 0 Å². The number of benzene rings is 1. The van der Waals surface area contributed by atoms with E-state index in [2.05, 4.69) is 83.3 Å². The highest BCUT2D eigenvalue weighted by atomic mass is 79.9. The molecular formula is C12H22BrNSi2. The van der Waals surface area contributed by atoms with E-state index in [9.17, 15) is 0 Å². The summed E-state index contributed by atoms with van der Waals surface area (Å²) < 4.78 is 2.34. The minimum atomic E-state index is -1.34.